The highest BCUT2D eigenvalue weighted by molar-refractivity contribution is 5.99. The van der Waals surface area contributed by atoms with E-state index in [1.807, 2.05) is 0 Å². The first kappa shape index (κ1) is 26.6. The molecule has 0 spiro atoms. The zero-order valence-electron chi connectivity index (χ0n) is 24.4. The van der Waals surface area contributed by atoms with Crippen LogP contribution in [0.5, 0.6) is 0 Å². The normalized spacial score (nSPS) is 14.7. The molecule has 4 nitrogen and oxygen atoms in total. The number of para-hydroxylation sites is 1. The van der Waals surface area contributed by atoms with Gasteiger partial charge in [0.1, 0.15) is 5.82 Å². The van der Waals surface area contributed by atoms with Gasteiger partial charge in [-0.15, -0.1) is 10.2 Å². The van der Waals surface area contributed by atoms with Crippen LogP contribution in [0.3, 0.4) is 0 Å². The smallest absolute Gasteiger partial charge is 0.165 e. The number of benzene rings is 4. The Hall–Kier alpha value is -4.28. The second kappa shape index (κ2) is 11.9. The Morgan fingerprint density at radius 1 is 0.714 bits per heavy atom. The fourth-order valence-corrected chi connectivity index (χ4v) is 7.22. The number of likely N-dealkylation sites (tertiary alicyclic amines) is 1. The van der Waals surface area contributed by atoms with Crippen molar-refractivity contribution in [1.82, 2.24) is 19.5 Å². The van der Waals surface area contributed by atoms with Crippen molar-refractivity contribution in [2.24, 2.45) is 5.92 Å². The Labute approximate surface area is 248 Å². The maximum atomic E-state index is 4.71. The van der Waals surface area contributed by atoms with Crippen LogP contribution in [-0.4, -0.2) is 39.1 Å². The third-order valence-electron chi connectivity index (χ3n) is 9.20. The summed E-state index contributed by atoms with van der Waals surface area (Å²) in [4.78, 5) is 2.68. The lowest BCUT2D eigenvalue weighted by Crippen LogP contribution is -2.36. The molecule has 0 N–H and O–H groups in total. The van der Waals surface area contributed by atoms with Gasteiger partial charge in [0.25, 0.3) is 0 Å². The van der Waals surface area contributed by atoms with Crippen LogP contribution >= 0.6 is 0 Å². The first-order valence-electron chi connectivity index (χ1n) is 15.4. The molecule has 4 heteroatoms. The van der Waals surface area contributed by atoms with Crippen LogP contribution in [0.1, 0.15) is 47.7 Å². The third kappa shape index (κ3) is 5.12. The first-order valence-corrected chi connectivity index (χ1v) is 15.4. The van der Waals surface area contributed by atoms with Crippen LogP contribution < -0.4 is 0 Å². The molecule has 2 aromatic heterocycles. The molecule has 1 aliphatic heterocycles. The third-order valence-corrected chi connectivity index (χ3v) is 9.20. The summed E-state index contributed by atoms with van der Waals surface area (Å²) in [5.41, 5.74) is 8.92. The number of rotatable bonds is 8. The SMILES string of the molecule is Cc1nnc2c(CCCN3CCC(C(c4ccccc4)c4ccccc4)CC3)c(-c3ccccc3)c3ccccc3n12. The molecule has 0 bridgehead atoms. The Bertz CT molecular complexity index is 1730. The number of pyridine rings is 1. The summed E-state index contributed by atoms with van der Waals surface area (Å²) in [6.07, 6.45) is 4.54. The fourth-order valence-electron chi connectivity index (χ4n) is 7.22. The van der Waals surface area contributed by atoms with E-state index < -0.39 is 0 Å². The van der Waals surface area contributed by atoms with E-state index in [1.165, 1.54) is 51.6 Å². The van der Waals surface area contributed by atoms with Gasteiger partial charge in [-0.3, -0.25) is 4.40 Å². The minimum absolute atomic E-state index is 0.463. The molecule has 0 amide bonds. The van der Waals surface area contributed by atoms with E-state index in [9.17, 15) is 0 Å². The van der Waals surface area contributed by atoms with Crippen LogP contribution in [0.15, 0.2) is 115 Å². The minimum atomic E-state index is 0.463. The van der Waals surface area contributed by atoms with Gasteiger partial charge in [-0.2, -0.15) is 0 Å². The zero-order valence-corrected chi connectivity index (χ0v) is 24.4. The summed E-state index contributed by atoms with van der Waals surface area (Å²) >= 11 is 0. The van der Waals surface area contributed by atoms with Crippen molar-refractivity contribution in [3.63, 3.8) is 0 Å². The van der Waals surface area contributed by atoms with Crippen LogP contribution in [0.2, 0.25) is 0 Å². The van der Waals surface area contributed by atoms with Gasteiger partial charge in [0.05, 0.1) is 5.52 Å². The van der Waals surface area contributed by atoms with E-state index in [2.05, 4.69) is 137 Å². The number of aryl methyl sites for hydroxylation is 2. The van der Waals surface area contributed by atoms with Crippen molar-refractivity contribution < 1.29 is 0 Å². The monoisotopic (exact) mass is 550 g/mol. The van der Waals surface area contributed by atoms with E-state index in [0.29, 0.717) is 11.8 Å². The predicted octanol–water partition coefficient (Wildman–Crippen LogP) is 8.33. The molecule has 0 atom stereocenters. The highest BCUT2D eigenvalue weighted by atomic mass is 15.2. The number of hydrogen-bond acceptors (Lipinski definition) is 3. The Morgan fingerprint density at radius 3 is 1.98 bits per heavy atom. The summed E-state index contributed by atoms with van der Waals surface area (Å²) < 4.78 is 2.25. The summed E-state index contributed by atoms with van der Waals surface area (Å²) in [6, 6.07) is 41.8. The van der Waals surface area contributed by atoms with Gasteiger partial charge in [0.15, 0.2) is 5.65 Å². The van der Waals surface area contributed by atoms with Crippen LogP contribution in [-0.2, 0) is 6.42 Å². The highest BCUT2D eigenvalue weighted by Crippen LogP contribution is 2.39. The average Bonchev–Trinajstić information content (AvgIpc) is 3.45. The molecule has 6 aromatic rings. The summed E-state index contributed by atoms with van der Waals surface area (Å²) in [5, 5.41) is 10.5. The van der Waals surface area contributed by atoms with Crippen LogP contribution in [0, 0.1) is 12.8 Å². The summed E-state index contributed by atoms with van der Waals surface area (Å²) in [7, 11) is 0. The molecule has 1 saturated heterocycles. The van der Waals surface area contributed by atoms with Crippen molar-refractivity contribution in [2.45, 2.75) is 38.5 Å². The van der Waals surface area contributed by atoms with E-state index in [1.54, 1.807) is 0 Å². The molecule has 210 valence electrons. The van der Waals surface area contributed by atoms with E-state index in [4.69, 9.17) is 5.10 Å². The Morgan fingerprint density at radius 2 is 1.31 bits per heavy atom. The molecular formula is C38H38N4. The molecule has 0 saturated carbocycles. The molecule has 42 heavy (non-hydrogen) atoms. The highest BCUT2D eigenvalue weighted by Gasteiger charge is 2.29. The Kier molecular flexibility index (Phi) is 7.55. The second-order valence-electron chi connectivity index (χ2n) is 11.7. The largest absolute Gasteiger partial charge is 0.303 e. The zero-order chi connectivity index (χ0) is 28.3. The quantitative estimate of drug-likeness (QED) is 0.191. The molecule has 0 aliphatic carbocycles. The molecule has 3 heterocycles. The van der Waals surface area contributed by atoms with Gasteiger partial charge >= 0.3 is 0 Å². The number of piperidine rings is 1. The molecule has 0 radical (unpaired) electrons. The van der Waals surface area contributed by atoms with Gasteiger partial charge < -0.3 is 4.90 Å². The van der Waals surface area contributed by atoms with Crippen molar-refractivity contribution >= 4 is 16.6 Å². The summed E-state index contributed by atoms with van der Waals surface area (Å²) in [6.45, 7) is 5.47. The van der Waals surface area contributed by atoms with E-state index >= 15 is 0 Å². The Balaban J connectivity index is 1.10. The van der Waals surface area contributed by atoms with Crippen molar-refractivity contribution in [3.8, 4) is 11.1 Å². The molecule has 1 fully saturated rings. The van der Waals surface area contributed by atoms with Gasteiger partial charge in [-0.1, -0.05) is 109 Å². The standard InChI is InChI=1S/C38H38N4/c1-28-39-40-38-34(37(31-18-9-4-10-19-31)33-20-11-12-22-35(33)42(28)38)21-13-25-41-26-23-32(24-27-41)36(29-14-5-2-6-15-29)30-16-7-3-8-17-30/h2-12,14-20,22,32,36H,13,21,23-27H2,1H3. The van der Waals surface area contributed by atoms with E-state index in [0.717, 1.165) is 43.9 Å². The first-order chi connectivity index (χ1) is 20.8. The topological polar surface area (TPSA) is 33.4 Å². The average molecular weight is 551 g/mol. The van der Waals surface area contributed by atoms with Crippen molar-refractivity contribution in [2.75, 3.05) is 19.6 Å². The van der Waals surface area contributed by atoms with Crippen LogP contribution in [0.25, 0.3) is 27.7 Å². The van der Waals surface area contributed by atoms with Gasteiger partial charge in [0.2, 0.25) is 0 Å². The minimum Gasteiger partial charge on any atom is -0.303 e. The maximum Gasteiger partial charge on any atom is 0.165 e. The lowest BCUT2D eigenvalue weighted by Gasteiger charge is -2.36. The van der Waals surface area contributed by atoms with Gasteiger partial charge in [-0.05, 0) is 86.5 Å². The maximum absolute atomic E-state index is 4.71. The van der Waals surface area contributed by atoms with Gasteiger partial charge in [-0.25, -0.2) is 0 Å². The number of hydrogen-bond donors (Lipinski definition) is 0. The number of nitrogens with zero attached hydrogens (tertiary/aromatic N) is 4. The van der Waals surface area contributed by atoms with Crippen LogP contribution in [0.4, 0.5) is 0 Å². The van der Waals surface area contributed by atoms with E-state index in [-0.39, 0.29) is 0 Å². The molecule has 1 aliphatic rings. The molecule has 4 aromatic carbocycles. The summed E-state index contributed by atoms with van der Waals surface area (Å²) in [5.74, 6) is 2.07. The number of fused-ring (bicyclic) bond motifs is 3. The number of aromatic nitrogens is 3. The molecular weight excluding hydrogens is 512 g/mol. The lowest BCUT2D eigenvalue weighted by molar-refractivity contribution is 0.174. The van der Waals surface area contributed by atoms with Gasteiger partial charge in [0, 0.05) is 16.9 Å². The van der Waals surface area contributed by atoms with Crippen molar-refractivity contribution in [3.05, 3.63) is 138 Å². The lowest BCUT2D eigenvalue weighted by atomic mass is 9.76. The second-order valence-corrected chi connectivity index (χ2v) is 11.7. The molecule has 0 unspecified atom stereocenters. The van der Waals surface area contributed by atoms with Crippen molar-refractivity contribution in [1.29, 1.82) is 0 Å². The predicted molar refractivity (Wildman–Crippen MR) is 173 cm³/mol. The fraction of sp³-hybridized carbons (Fsp3) is 0.263. The molecule has 7 rings (SSSR count).